The van der Waals surface area contributed by atoms with Gasteiger partial charge in [0.1, 0.15) is 5.75 Å². The minimum Gasteiger partial charge on any atom is -0.497 e. The highest BCUT2D eigenvalue weighted by molar-refractivity contribution is 6.17. The Morgan fingerprint density at radius 1 is 1.33 bits per heavy atom. The summed E-state index contributed by atoms with van der Waals surface area (Å²) in [5.74, 6) is 1.66. The fourth-order valence-electron chi connectivity index (χ4n) is 1.36. The number of methoxy groups -OCH3 is 1. The number of hydrogen-bond acceptors (Lipinski definition) is 2. The first kappa shape index (κ1) is 12.3. The van der Waals surface area contributed by atoms with Crippen LogP contribution in [0.5, 0.6) is 5.75 Å². The number of alkyl halides is 1. The van der Waals surface area contributed by atoms with Crippen molar-refractivity contribution >= 4 is 11.6 Å². The Morgan fingerprint density at radius 2 is 2.20 bits per heavy atom. The maximum absolute atomic E-state index is 5.59. The summed E-state index contributed by atoms with van der Waals surface area (Å²) in [6.07, 6.45) is 2.21. The van der Waals surface area contributed by atoms with E-state index in [0.29, 0.717) is 0 Å². The van der Waals surface area contributed by atoms with E-state index in [1.54, 1.807) is 7.11 Å². The van der Waals surface area contributed by atoms with Crippen molar-refractivity contribution in [1.82, 2.24) is 5.32 Å². The highest BCUT2D eigenvalue weighted by Crippen LogP contribution is 2.11. The van der Waals surface area contributed by atoms with Crippen LogP contribution in [0.3, 0.4) is 0 Å². The van der Waals surface area contributed by atoms with Crippen LogP contribution in [-0.4, -0.2) is 19.5 Å². The van der Waals surface area contributed by atoms with Crippen molar-refractivity contribution in [3.8, 4) is 5.75 Å². The monoisotopic (exact) mass is 227 g/mol. The van der Waals surface area contributed by atoms with Crippen molar-refractivity contribution < 1.29 is 4.74 Å². The quantitative estimate of drug-likeness (QED) is 0.571. The van der Waals surface area contributed by atoms with Gasteiger partial charge in [-0.05, 0) is 37.1 Å². The summed E-state index contributed by atoms with van der Waals surface area (Å²) in [5, 5.41) is 3.37. The van der Waals surface area contributed by atoms with Crippen molar-refractivity contribution in [1.29, 1.82) is 0 Å². The number of hydrogen-bond donors (Lipinski definition) is 1. The number of nitrogens with one attached hydrogen (secondary N) is 1. The van der Waals surface area contributed by atoms with Crippen molar-refractivity contribution in [2.24, 2.45) is 0 Å². The van der Waals surface area contributed by atoms with E-state index in [0.717, 1.165) is 37.6 Å². The molecule has 0 amide bonds. The predicted octanol–water partition coefficient (Wildman–Crippen LogP) is 2.80. The second-order valence-corrected chi connectivity index (χ2v) is 3.80. The van der Waals surface area contributed by atoms with Gasteiger partial charge in [-0.2, -0.15) is 0 Å². The van der Waals surface area contributed by atoms with Crippen molar-refractivity contribution in [3.63, 3.8) is 0 Å². The van der Waals surface area contributed by atoms with Gasteiger partial charge in [0.15, 0.2) is 0 Å². The van der Waals surface area contributed by atoms with E-state index >= 15 is 0 Å². The number of benzene rings is 1. The summed E-state index contributed by atoms with van der Waals surface area (Å²) in [5.41, 5.74) is 1.25. The third kappa shape index (κ3) is 5.05. The van der Waals surface area contributed by atoms with Crippen molar-refractivity contribution in [2.75, 3.05) is 19.5 Å². The molecule has 3 heteroatoms. The molecule has 15 heavy (non-hydrogen) atoms. The largest absolute Gasteiger partial charge is 0.497 e. The zero-order valence-electron chi connectivity index (χ0n) is 9.13. The SMILES string of the molecule is COc1cccc(CNCCCCCl)c1. The summed E-state index contributed by atoms with van der Waals surface area (Å²) < 4.78 is 5.15. The lowest BCUT2D eigenvalue weighted by Crippen LogP contribution is -2.14. The van der Waals surface area contributed by atoms with Crippen LogP contribution in [0.25, 0.3) is 0 Å². The highest BCUT2D eigenvalue weighted by atomic mass is 35.5. The molecule has 0 radical (unpaired) electrons. The fourth-order valence-corrected chi connectivity index (χ4v) is 1.55. The Bertz CT molecular complexity index is 278. The maximum atomic E-state index is 5.59. The van der Waals surface area contributed by atoms with Crippen molar-refractivity contribution in [3.05, 3.63) is 29.8 Å². The van der Waals surface area contributed by atoms with Gasteiger partial charge in [0.2, 0.25) is 0 Å². The molecular formula is C12H18ClNO. The Kier molecular flexibility index (Phi) is 6.21. The molecule has 0 atom stereocenters. The predicted molar refractivity (Wildman–Crippen MR) is 64.7 cm³/mol. The van der Waals surface area contributed by atoms with Gasteiger partial charge in [0.25, 0.3) is 0 Å². The summed E-state index contributed by atoms with van der Waals surface area (Å²) >= 11 is 5.59. The first-order valence-electron chi connectivity index (χ1n) is 5.26. The molecule has 0 fully saturated rings. The molecule has 0 saturated heterocycles. The molecule has 0 aromatic heterocycles. The molecule has 0 saturated carbocycles. The molecule has 0 aliphatic carbocycles. The molecule has 0 unspecified atom stereocenters. The molecule has 1 N–H and O–H groups in total. The summed E-state index contributed by atoms with van der Waals surface area (Å²) in [4.78, 5) is 0. The van der Waals surface area contributed by atoms with E-state index in [9.17, 15) is 0 Å². The van der Waals surface area contributed by atoms with Crippen LogP contribution < -0.4 is 10.1 Å². The van der Waals surface area contributed by atoms with E-state index in [-0.39, 0.29) is 0 Å². The average Bonchev–Trinajstić information content (AvgIpc) is 2.29. The molecule has 84 valence electrons. The van der Waals surface area contributed by atoms with Crippen LogP contribution in [0.1, 0.15) is 18.4 Å². The molecule has 1 rings (SSSR count). The van der Waals surface area contributed by atoms with Crippen LogP contribution >= 0.6 is 11.6 Å². The summed E-state index contributed by atoms with van der Waals surface area (Å²) in [7, 11) is 1.69. The zero-order chi connectivity index (χ0) is 10.9. The van der Waals surface area contributed by atoms with Crippen LogP contribution in [-0.2, 0) is 6.54 Å². The normalized spacial score (nSPS) is 10.3. The lowest BCUT2D eigenvalue weighted by Gasteiger charge is -2.06. The number of rotatable bonds is 7. The van der Waals surface area contributed by atoms with E-state index in [2.05, 4.69) is 17.4 Å². The van der Waals surface area contributed by atoms with Gasteiger partial charge >= 0.3 is 0 Å². The van der Waals surface area contributed by atoms with Gasteiger partial charge < -0.3 is 10.1 Å². The smallest absolute Gasteiger partial charge is 0.119 e. The Balaban J connectivity index is 2.24. The third-order valence-electron chi connectivity index (χ3n) is 2.20. The van der Waals surface area contributed by atoms with Crippen LogP contribution in [0, 0.1) is 0 Å². The van der Waals surface area contributed by atoms with Gasteiger partial charge in [0, 0.05) is 12.4 Å². The number of ether oxygens (including phenoxy) is 1. The second-order valence-electron chi connectivity index (χ2n) is 3.42. The molecule has 0 heterocycles. The molecular weight excluding hydrogens is 210 g/mol. The van der Waals surface area contributed by atoms with Gasteiger partial charge in [0.05, 0.1) is 7.11 Å². The minimum atomic E-state index is 0.751. The Labute approximate surface area is 96.6 Å². The first-order chi connectivity index (χ1) is 7.36. The summed E-state index contributed by atoms with van der Waals surface area (Å²) in [6, 6.07) is 8.11. The lowest BCUT2D eigenvalue weighted by atomic mass is 10.2. The average molecular weight is 228 g/mol. The van der Waals surface area contributed by atoms with E-state index in [1.807, 2.05) is 12.1 Å². The van der Waals surface area contributed by atoms with Gasteiger partial charge in [-0.3, -0.25) is 0 Å². The third-order valence-corrected chi connectivity index (χ3v) is 2.47. The Morgan fingerprint density at radius 3 is 2.93 bits per heavy atom. The summed E-state index contributed by atoms with van der Waals surface area (Å²) in [6.45, 7) is 1.91. The molecule has 0 bridgehead atoms. The Hall–Kier alpha value is -0.730. The fraction of sp³-hybridized carbons (Fsp3) is 0.500. The number of unbranched alkanes of at least 4 members (excludes halogenated alkanes) is 1. The van der Waals surface area contributed by atoms with Gasteiger partial charge in [-0.1, -0.05) is 12.1 Å². The van der Waals surface area contributed by atoms with Gasteiger partial charge in [-0.25, -0.2) is 0 Å². The van der Waals surface area contributed by atoms with Gasteiger partial charge in [-0.15, -0.1) is 11.6 Å². The molecule has 0 spiro atoms. The van der Waals surface area contributed by atoms with Crippen LogP contribution in [0.2, 0.25) is 0 Å². The maximum Gasteiger partial charge on any atom is 0.119 e. The first-order valence-corrected chi connectivity index (χ1v) is 5.80. The van der Waals surface area contributed by atoms with E-state index < -0.39 is 0 Å². The second kappa shape index (κ2) is 7.55. The van der Waals surface area contributed by atoms with Crippen LogP contribution in [0.4, 0.5) is 0 Å². The van der Waals surface area contributed by atoms with Crippen molar-refractivity contribution in [2.45, 2.75) is 19.4 Å². The molecule has 1 aromatic carbocycles. The topological polar surface area (TPSA) is 21.3 Å². The zero-order valence-corrected chi connectivity index (χ0v) is 9.89. The molecule has 2 nitrogen and oxygen atoms in total. The van der Waals surface area contributed by atoms with E-state index in [1.165, 1.54) is 5.56 Å². The standard InChI is InChI=1S/C12H18ClNO/c1-15-12-6-4-5-11(9-12)10-14-8-3-2-7-13/h4-6,9,14H,2-3,7-8,10H2,1H3. The minimum absolute atomic E-state index is 0.751. The molecule has 0 aliphatic rings. The van der Waals surface area contributed by atoms with Crippen LogP contribution in [0.15, 0.2) is 24.3 Å². The number of halogens is 1. The molecule has 1 aromatic rings. The molecule has 0 aliphatic heterocycles. The van der Waals surface area contributed by atoms with E-state index in [4.69, 9.17) is 16.3 Å². The lowest BCUT2D eigenvalue weighted by molar-refractivity contribution is 0.414. The highest BCUT2D eigenvalue weighted by Gasteiger charge is 1.95.